The predicted molar refractivity (Wildman–Crippen MR) is 92.3 cm³/mol. The lowest BCUT2D eigenvalue weighted by atomic mass is 9.76. The van der Waals surface area contributed by atoms with Gasteiger partial charge in [-0.2, -0.15) is 5.10 Å². The van der Waals surface area contributed by atoms with Crippen LogP contribution in [0.15, 0.2) is 12.4 Å². The minimum absolute atomic E-state index is 0.513. The second kappa shape index (κ2) is 6.91. The van der Waals surface area contributed by atoms with Gasteiger partial charge in [0, 0.05) is 51.1 Å². The molecule has 23 heavy (non-hydrogen) atoms. The molecule has 3 rings (SSSR count). The Morgan fingerprint density at radius 1 is 1.35 bits per heavy atom. The summed E-state index contributed by atoms with van der Waals surface area (Å²) in [7, 11) is 3.82. The van der Waals surface area contributed by atoms with Crippen LogP contribution in [-0.2, 0) is 18.3 Å². The molecule has 0 aliphatic carbocycles. The Bertz CT molecular complexity index is 505. The number of aromatic nitrogens is 2. The van der Waals surface area contributed by atoms with Crippen molar-refractivity contribution in [2.75, 3.05) is 33.4 Å². The molecule has 0 saturated carbocycles. The molecule has 0 aromatic carbocycles. The van der Waals surface area contributed by atoms with Crippen LogP contribution in [0, 0.1) is 5.41 Å². The fourth-order valence-corrected chi connectivity index (χ4v) is 4.51. The molecule has 1 spiro atoms. The van der Waals surface area contributed by atoms with Crippen molar-refractivity contribution >= 4 is 0 Å². The number of methoxy groups -OCH3 is 1. The molecule has 1 unspecified atom stereocenters. The van der Waals surface area contributed by atoms with Crippen LogP contribution >= 0.6 is 0 Å². The Kier molecular flexibility index (Phi) is 5.09. The molecular formula is C18H32N4O. The van der Waals surface area contributed by atoms with Gasteiger partial charge in [-0.1, -0.05) is 0 Å². The highest BCUT2D eigenvalue weighted by molar-refractivity contribution is 5.05. The highest BCUT2D eigenvalue weighted by atomic mass is 16.5. The van der Waals surface area contributed by atoms with Crippen LogP contribution in [-0.4, -0.2) is 65.0 Å². The van der Waals surface area contributed by atoms with Crippen molar-refractivity contribution in [1.29, 1.82) is 0 Å². The van der Waals surface area contributed by atoms with Crippen molar-refractivity contribution in [3.63, 3.8) is 0 Å². The average Bonchev–Trinajstić information content (AvgIpc) is 3.07. The number of likely N-dealkylation sites (tertiary alicyclic amines) is 2. The van der Waals surface area contributed by atoms with Gasteiger partial charge < -0.3 is 4.74 Å². The average molecular weight is 320 g/mol. The van der Waals surface area contributed by atoms with Crippen molar-refractivity contribution in [3.05, 3.63) is 18.0 Å². The van der Waals surface area contributed by atoms with Crippen molar-refractivity contribution in [1.82, 2.24) is 19.6 Å². The van der Waals surface area contributed by atoms with Crippen molar-refractivity contribution in [3.8, 4) is 0 Å². The Labute approximate surface area is 140 Å². The lowest BCUT2D eigenvalue weighted by Gasteiger charge is -2.39. The number of hydrogen-bond donors (Lipinski definition) is 0. The quantitative estimate of drug-likeness (QED) is 0.832. The van der Waals surface area contributed by atoms with E-state index in [-0.39, 0.29) is 0 Å². The third-order valence-electron chi connectivity index (χ3n) is 5.76. The van der Waals surface area contributed by atoms with E-state index in [0.29, 0.717) is 17.5 Å². The first-order valence-corrected chi connectivity index (χ1v) is 8.96. The van der Waals surface area contributed by atoms with Crippen molar-refractivity contribution < 1.29 is 4.74 Å². The first-order valence-electron chi connectivity index (χ1n) is 8.96. The van der Waals surface area contributed by atoms with Crippen LogP contribution in [0.3, 0.4) is 0 Å². The Morgan fingerprint density at radius 3 is 2.65 bits per heavy atom. The van der Waals surface area contributed by atoms with Gasteiger partial charge in [-0.3, -0.25) is 14.5 Å². The highest BCUT2D eigenvalue weighted by Crippen LogP contribution is 2.44. The minimum Gasteiger partial charge on any atom is -0.383 e. The summed E-state index contributed by atoms with van der Waals surface area (Å²) in [6.45, 7) is 10.2. The third-order valence-corrected chi connectivity index (χ3v) is 5.76. The Balaban J connectivity index is 1.57. The number of piperidine rings is 1. The van der Waals surface area contributed by atoms with Gasteiger partial charge in [0.15, 0.2) is 0 Å². The van der Waals surface area contributed by atoms with E-state index in [1.54, 1.807) is 0 Å². The molecule has 130 valence electrons. The molecule has 2 saturated heterocycles. The molecule has 1 atom stereocenters. The molecule has 3 heterocycles. The standard InChI is InChI=1S/C18H32N4O/c1-15(2)22-14-18(9-17(22)13-23-4)5-7-21(8-6-18)12-16-10-19-20(3)11-16/h10-11,15,17H,5-9,12-14H2,1-4H3. The van der Waals surface area contributed by atoms with Crippen molar-refractivity contribution in [2.24, 2.45) is 12.5 Å². The fraction of sp³-hybridized carbons (Fsp3) is 0.833. The number of nitrogens with zero attached hydrogens (tertiary/aromatic N) is 4. The zero-order chi connectivity index (χ0) is 16.4. The van der Waals surface area contributed by atoms with Crippen LogP contribution in [0.5, 0.6) is 0 Å². The van der Waals surface area contributed by atoms with E-state index < -0.39 is 0 Å². The molecule has 0 radical (unpaired) electrons. The van der Waals surface area contributed by atoms with Crippen LogP contribution in [0.2, 0.25) is 0 Å². The summed E-state index contributed by atoms with van der Waals surface area (Å²) in [6, 6.07) is 1.22. The van der Waals surface area contributed by atoms with Gasteiger partial charge in [0.05, 0.1) is 12.8 Å². The maximum Gasteiger partial charge on any atom is 0.0618 e. The number of ether oxygens (including phenoxy) is 1. The molecule has 1 aromatic heterocycles. The van der Waals surface area contributed by atoms with Gasteiger partial charge in [-0.05, 0) is 51.6 Å². The molecule has 2 aliphatic heterocycles. The second-order valence-electron chi connectivity index (χ2n) is 7.88. The Hall–Kier alpha value is -0.910. The molecule has 5 nitrogen and oxygen atoms in total. The number of rotatable bonds is 5. The number of hydrogen-bond acceptors (Lipinski definition) is 4. The van der Waals surface area contributed by atoms with Gasteiger partial charge in [0.25, 0.3) is 0 Å². The van der Waals surface area contributed by atoms with E-state index in [0.717, 1.165) is 13.2 Å². The van der Waals surface area contributed by atoms with Gasteiger partial charge >= 0.3 is 0 Å². The van der Waals surface area contributed by atoms with E-state index >= 15 is 0 Å². The first-order chi connectivity index (χ1) is 11.0. The topological polar surface area (TPSA) is 33.5 Å². The van der Waals surface area contributed by atoms with Crippen LogP contribution in [0.4, 0.5) is 0 Å². The van der Waals surface area contributed by atoms with Crippen LogP contribution in [0.25, 0.3) is 0 Å². The van der Waals surface area contributed by atoms with Crippen molar-refractivity contribution in [2.45, 2.75) is 51.7 Å². The summed E-state index contributed by atoms with van der Waals surface area (Å²) < 4.78 is 7.38. The lowest BCUT2D eigenvalue weighted by molar-refractivity contribution is 0.0915. The second-order valence-corrected chi connectivity index (χ2v) is 7.88. The molecular weight excluding hydrogens is 288 g/mol. The van der Waals surface area contributed by atoms with Gasteiger partial charge in [0.1, 0.15) is 0 Å². The fourth-order valence-electron chi connectivity index (χ4n) is 4.51. The molecule has 0 amide bonds. The third kappa shape index (κ3) is 3.78. The lowest BCUT2D eigenvalue weighted by Crippen LogP contribution is -2.42. The Morgan fingerprint density at radius 2 is 2.09 bits per heavy atom. The molecule has 2 aliphatic rings. The zero-order valence-electron chi connectivity index (χ0n) is 15.2. The van der Waals surface area contributed by atoms with Crippen LogP contribution < -0.4 is 0 Å². The van der Waals surface area contributed by atoms with E-state index in [4.69, 9.17) is 4.74 Å². The van der Waals surface area contributed by atoms with Gasteiger partial charge in [-0.15, -0.1) is 0 Å². The first kappa shape index (κ1) is 16.9. The SMILES string of the molecule is COCC1CC2(CCN(Cc3cnn(C)c3)CC2)CN1C(C)C. The summed E-state index contributed by atoms with van der Waals surface area (Å²) in [5.74, 6) is 0. The summed E-state index contributed by atoms with van der Waals surface area (Å²) in [5.41, 5.74) is 1.84. The van der Waals surface area contributed by atoms with E-state index in [9.17, 15) is 0 Å². The van der Waals surface area contributed by atoms with E-state index in [2.05, 4.69) is 34.9 Å². The largest absolute Gasteiger partial charge is 0.383 e. The monoisotopic (exact) mass is 320 g/mol. The van der Waals surface area contributed by atoms with E-state index in [1.807, 2.05) is 25.0 Å². The maximum atomic E-state index is 5.48. The predicted octanol–water partition coefficient (Wildman–Crippen LogP) is 2.13. The molecule has 1 aromatic rings. The van der Waals surface area contributed by atoms with E-state index in [1.165, 1.54) is 44.5 Å². The number of aryl methyl sites for hydroxylation is 1. The molecule has 0 bridgehead atoms. The maximum absolute atomic E-state index is 5.48. The molecule has 0 N–H and O–H groups in total. The summed E-state index contributed by atoms with van der Waals surface area (Å²) in [6.07, 6.45) is 8.07. The minimum atomic E-state index is 0.513. The summed E-state index contributed by atoms with van der Waals surface area (Å²) in [5, 5.41) is 4.28. The molecule has 5 heteroatoms. The van der Waals surface area contributed by atoms with Crippen LogP contribution in [0.1, 0.15) is 38.7 Å². The molecule has 2 fully saturated rings. The van der Waals surface area contributed by atoms with Gasteiger partial charge in [0.2, 0.25) is 0 Å². The smallest absolute Gasteiger partial charge is 0.0618 e. The normalized spacial score (nSPS) is 25.7. The van der Waals surface area contributed by atoms with Gasteiger partial charge in [-0.25, -0.2) is 0 Å². The summed E-state index contributed by atoms with van der Waals surface area (Å²) in [4.78, 5) is 5.26. The summed E-state index contributed by atoms with van der Waals surface area (Å²) >= 11 is 0. The zero-order valence-corrected chi connectivity index (χ0v) is 15.2. The highest BCUT2D eigenvalue weighted by Gasteiger charge is 2.45.